The molecule has 0 amide bonds. The molecule has 1 saturated heterocycles. The van der Waals surface area contributed by atoms with E-state index in [2.05, 4.69) is 26.9 Å². The largest absolute Gasteiger partial charge is 0.454 e. The van der Waals surface area contributed by atoms with Crippen molar-refractivity contribution in [3.63, 3.8) is 0 Å². The molecule has 4 rings (SSSR count). The summed E-state index contributed by atoms with van der Waals surface area (Å²) >= 11 is 0. The molecule has 0 bridgehead atoms. The number of ether oxygens (including phenoxy) is 2. The lowest BCUT2D eigenvalue weighted by Gasteiger charge is -2.34. The lowest BCUT2D eigenvalue weighted by Crippen LogP contribution is -2.46. The van der Waals surface area contributed by atoms with Gasteiger partial charge in [0.2, 0.25) is 18.4 Å². The summed E-state index contributed by atoms with van der Waals surface area (Å²) in [4.78, 5) is 8.36. The van der Waals surface area contributed by atoms with Crippen molar-refractivity contribution in [1.29, 1.82) is 5.26 Å². The van der Waals surface area contributed by atoms with E-state index in [1.54, 1.807) is 0 Å². The fraction of sp³-hybridized carbons (Fsp3) is 0.375. The third-order valence-corrected chi connectivity index (χ3v) is 4.16. The predicted molar refractivity (Wildman–Crippen MR) is 81.3 cm³/mol. The van der Waals surface area contributed by atoms with E-state index in [1.807, 2.05) is 12.1 Å². The van der Waals surface area contributed by atoms with E-state index in [4.69, 9.17) is 19.2 Å². The molecule has 0 aliphatic carbocycles. The molecule has 7 nitrogen and oxygen atoms in total. The van der Waals surface area contributed by atoms with Crippen LogP contribution in [0, 0.1) is 11.3 Å². The predicted octanol–water partition coefficient (Wildman–Crippen LogP) is 1.60. The van der Waals surface area contributed by atoms with Crippen LogP contribution in [0.5, 0.6) is 11.5 Å². The first-order chi connectivity index (χ1) is 11.3. The molecule has 1 fully saturated rings. The number of benzene rings is 1. The molecular weight excluding hydrogens is 296 g/mol. The lowest BCUT2D eigenvalue weighted by atomic mass is 10.1. The number of hydrogen-bond donors (Lipinski definition) is 0. The molecule has 23 heavy (non-hydrogen) atoms. The smallest absolute Gasteiger partial charge is 0.234 e. The Morgan fingerprint density at radius 3 is 2.78 bits per heavy atom. The van der Waals surface area contributed by atoms with Gasteiger partial charge in [-0.3, -0.25) is 4.90 Å². The first-order valence-electron chi connectivity index (χ1n) is 7.53. The van der Waals surface area contributed by atoms with Gasteiger partial charge in [0.1, 0.15) is 6.07 Å². The van der Waals surface area contributed by atoms with Gasteiger partial charge in [-0.1, -0.05) is 6.07 Å². The van der Waals surface area contributed by atoms with Gasteiger partial charge in [-0.25, -0.2) is 4.98 Å². The molecule has 0 atom stereocenters. The highest BCUT2D eigenvalue weighted by Gasteiger charge is 2.23. The number of fused-ring (bicyclic) bond motifs is 1. The second-order valence-corrected chi connectivity index (χ2v) is 5.57. The monoisotopic (exact) mass is 312 g/mol. The maximum Gasteiger partial charge on any atom is 0.234 e. The quantitative estimate of drug-likeness (QED) is 0.852. The average molecular weight is 312 g/mol. The SMILES string of the molecule is N#Cc1ncoc1N1CCN(Cc2ccc3c(c2)OCO3)CC1. The maximum atomic E-state index is 9.03. The Hall–Kier alpha value is -2.72. The Labute approximate surface area is 133 Å². The van der Waals surface area contributed by atoms with Gasteiger partial charge in [-0.15, -0.1) is 0 Å². The molecule has 7 heteroatoms. The first-order valence-corrected chi connectivity index (χ1v) is 7.53. The van der Waals surface area contributed by atoms with Gasteiger partial charge in [-0.05, 0) is 17.7 Å². The molecule has 118 valence electrons. The number of nitrogens with zero attached hydrogens (tertiary/aromatic N) is 4. The van der Waals surface area contributed by atoms with Crippen molar-refractivity contribution in [1.82, 2.24) is 9.88 Å². The Morgan fingerprint density at radius 1 is 1.13 bits per heavy atom. The van der Waals surface area contributed by atoms with Crippen molar-refractivity contribution < 1.29 is 13.9 Å². The summed E-state index contributed by atoms with van der Waals surface area (Å²) in [5.74, 6) is 2.21. The summed E-state index contributed by atoms with van der Waals surface area (Å²) in [5, 5.41) is 9.03. The number of piperazine rings is 1. The standard InChI is InChI=1S/C16H16N4O3/c17-8-13-16(21-10-18-13)20-5-3-19(4-6-20)9-12-1-2-14-15(7-12)23-11-22-14/h1-2,7,10H,3-6,9,11H2. The zero-order valence-electron chi connectivity index (χ0n) is 12.6. The Balaban J connectivity index is 1.38. The molecule has 0 saturated carbocycles. The van der Waals surface area contributed by atoms with Crippen LogP contribution < -0.4 is 14.4 Å². The van der Waals surface area contributed by atoms with E-state index >= 15 is 0 Å². The summed E-state index contributed by atoms with van der Waals surface area (Å²) in [6.07, 6.45) is 1.33. The molecule has 3 heterocycles. The topological polar surface area (TPSA) is 74.8 Å². The Bertz CT molecular complexity index is 744. The zero-order chi connectivity index (χ0) is 15.6. The number of oxazole rings is 1. The molecule has 1 aromatic carbocycles. The van der Waals surface area contributed by atoms with Crippen LogP contribution in [0.15, 0.2) is 29.0 Å². The summed E-state index contributed by atoms with van der Waals surface area (Å²) in [6.45, 7) is 4.60. The summed E-state index contributed by atoms with van der Waals surface area (Å²) in [7, 11) is 0. The molecule has 0 radical (unpaired) electrons. The van der Waals surface area contributed by atoms with Crippen LogP contribution in [0.3, 0.4) is 0 Å². The van der Waals surface area contributed by atoms with Gasteiger partial charge in [-0.2, -0.15) is 5.26 Å². The van der Waals surface area contributed by atoms with Crippen molar-refractivity contribution >= 4 is 5.88 Å². The van der Waals surface area contributed by atoms with Gasteiger partial charge >= 0.3 is 0 Å². The molecule has 0 spiro atoms. The molecule has 1 aromatic heterocycles. The number of nitriles is 1. The van der Waals surface area contributed by atoms with Gasteiger partial charge in [0.05, 0.1) is 0 Å². The van der Waals surface area contributed by atoms with E-state index < -0.39 is 0 Å². The van der Waals surface area contributed by atoms with Crippen LogP contribution >= 0.6 is 0 Å². The van der Waals surface area contributed by atoms with Crippen LogP contribution in [0.25, 0.3) is 0 Å². The summed E-state index contributed by atoms with van der Waals surface area (Å²) in [6, 6.07) is 8.14. The van der Waals surface area contributed by atoms with Crippen molar-refractivity contribution in [2.24, 2.45) is 0 Å². The Morgan fingerprint density at radius 2 is 1.96 bits per heavy atom. The average Bonchev–Trinajstić information content (AvgIpc) is 3.24. The van der Waals surface area contributed by atoms with Gasteiger partial charge in [0.15, 0.2) is 17.9 Å². The van der Waals surface area contributed by atoms with E-state index in [-0.39, 0.29) is 0 Å². The van der Waals surface area contributed by atoms with Crippen molar-refractivity contribution in [2.45, 2.75) is 6.54 Å². The van der Waals surface area contributed by atoms with Gasteiger partial charge in [0, 0.05) is 32.7 Å². The third-order valence-electron chi connectivity index (χ3n) is 4.16. The number of rotatable bonds is 3. The number of anilines is 1. The molecular formula is C16H16N4O3. The summed E-state index contributed by atoms with van der Waals surface area (Å²) in [5.41, 5.74) is 1.56. The minimum atomic E-state index is 0.301. The maximum absolute atomic E-state index is 9.03. The van der Waals surface area contributed by atoms with E-state index in [0.717, 1.165) is 44.2 Å². The second-order valence-electron chi connectivity index (χ2n) is 5.57. The minimum absolute atomic E-state index is 0.301. The highest BCUT2D eigenvalue weighted by atomic mass is 16.7. The van der Waals surface area contributed by atoms with E-state index in [1.165, 1.54) is 12.0 Å². The molecule has 2 aliphatic heterocycles. The number of aromatic nitrogens is 1. The third kappa shape index (κ3) is 2.69. The van der Waals surface area contributed by atoms with Crippen molar-refractivity contribution in [2.75, 3.05) is 37.9 Å². The lowest BCUT2D eigenvalue weighted by molar-refractivity contribution is 0.174. The van der Waals surface area contributed by atoms with Gasteiger partial charge < -0.3 is 18.8 Å². The highest BCUT2D eigenvalue weighted by molar-refractivity contribution is 5.47. The van der Waals surface area contributed by atoms with E-state index in [9.17, 15) is 0 Å². The molecule has 0 unspecified atom stereocenters. The normalized spacial score (nSPS) is 17.3. The van der Waals surface area contributed by atoms with E-state index in [0.29, 0.717) is 18.4 Å². The second kappa shape index (κ2) is 5.82. The Kier molecular flexibility index (Phi) is 3.52. The molecule has 2 aromatic rings. The van der Waals surface area contributed by atoms with Crippen LogP contribution in [-0.2, 0) is 6.54 Å². The van der Waals surface area contributed by atoms with Crippen molar-refractivity contribution in [3.05, 3.63) is 35.9 Å². The van der Waals surface area contributed by atoms with Crippen molar-refractivity contribution in [3.8, 4) is 17.6 Å². The van der Waals surface area contributed by atoms with Crippen LogP contribution in [0.2, 0.25) is 0 Å². The molecule has 0 N–H and O–H groups in total. The fourth-order valence-electron chi connectivity index (χ4n) is 2.95. The molecule has 2 aliphatic rings. The van der Waals surface area contributed by atoms with Crippen LogP contribution in [0.4, 0.5) is 5.88 Å². The van der Waals surface area contributed by atoms with Crippen LogP contribution in [-0.4, -0.2) is 42.9 Å². The number of hydrogen-bond acceptors (Lipinski definition) is 7. The summed E-state index contributed by atoms with van der Waals surface area (Å²) < 4.78 is 16.1. The minimum Gasteiger partial charge on any atom is -0.454 e. The van der Waals surface area contributed by atoms with Crippen LogP contribution in [0.1, 0.15) is 11.3 Å². The zero-order valence-corrected chi connectivity index (χ0v) is 12.6. The first kappa shape index (κ1) is 13.9. The fourth-order valence-corrected chi connectivity index (χ4v) is 2.95. The highest BCUT2D eigenvalue weighted by Crippen LogP contribution is 2.33. The van der Waals surface area contributed by atoms with Gasteiger partial charge in [0.25, 0.3) is 0 Å².